The van der Waals surface area contributed by atoms with E-state index in [0.717, 1.165) is 12.8 Å². The Morgan fingerprint density at radius 2 is 1.67 bits per heavy atom. The first-order valence-electron chi connectivity index (χ1n) is 9.36. The summed E-state index contributed by atoms with van der Waals surface area (Å²) in [5, 5.41) is 28.1. The standard InChI is InChI=1S/C12H14O4.C10H7NO3/c1-12(11(15)16)6-2-3-8(10(13)14)9(12)7-4-5-7;12-9-7-4-2-1-3-6(7)8(5-11-9)10(13)14/h2-3,6-7,9H,4-5H2,1H3,(H,13,14)(H,15,16);1-5H,(H,11,12)(H,13,14). The number of aromatic amines is 1. The first-order valence-corrected chi connectivity index (χ1v) is 9.36. The van der Waals surface area contributed by atoms with Gasteiger partial charge < -0.3 is 20.3 Å². The molecule has 30 heavy (non-hydrogen) atoms. The SMILES string of the molecule is CC1(C(=O)O)C=CC=C(C(=O)O)C1C1CC1.O=C(O)c1c[nH]c(=O)c2ccccc12. The first-order chi connectivity index (χ1) is 14.2. The molecule has 1 heterocycles. The molecule has 0 radical (unpaired) electrons. The Morgan fingerprint density at radius 3 is 2.20 bits per heavy atom. The van der Waals surface area contributed by atoms with Crippen LogP contribution in [-0.4, -0.2) is 38.2 Å². The monoisotopic (exact) mass is 411 g/mol. The molecular formula is C22H21NO7. The van der Waals surface area contributed by atoms with Crippen molar-refractivity contribution in [3.8, 4) is 0 Å². The van der Waals surface area contributed by atoms with Gasteiger partial charge in [0.1, 0.15) is 0 Å². The molecule has 0 spiro atoms. The van der Waals surface area contributed by atoms with Crippen molar-refractivity contribution < 1.29 is 29.7 Å². The molecule has 1 saturated carbocycles. The van der Waals surface area contributed by atoms with E-state index >= 15 is 0 Å². The summed E-state index contributed by atoms with van der Waals surface area (Å²) in [6, 6.07) is 6.62. The number of carboxylic acid groups (broad SMARTS) is 3. The van der Waals surface area contributed by atoms with Gasteiger partial charge in [-0.1, -0.05) is 36.4 Å². The maximum absolute atomic E-state index is 11.3. The second-order valence-corrected chi connectivity index (χ2v) is 7.57. The fraction of sp³-hybridized carbons (Fsp3) is 0.273. The number of pyridine rings is 1. The third-order valence-electron chi connectivity index (χ3n) is 5.54. The number of aliphatic carboxylic acids is 2. The minimum absolute atomic E-state index is 0.111. The molecule has 1 fully saturated rings. The zero-order chi connectivity index (χ0) is 22.1. The molecule has 8 heteroatoms. The summed E-state index contributed by atoms with van der Waals surface area (Å²) in [5.74, 6) is -3.19. The molecular weight excluding hydrogens is 390 g/mol. The summed E-state index contributed by atoms with van der Waals surface area (Å²) in [6.07, 6.45) is 7.72. The summed E-state index contributed by atoms with van der Waals surface area (Å²) in [7, 11) is 0. The quantitative estimate of drug-likeness (QED) is 0.605. The number of hydrogen-bond acceptors (Lipinski definition) is 4. The summed E-state index contributed by atoms with van der Waals surface area (Å²) < 4.78 is 0. The number of carboxylic acids is 3. The molecule has 2 atom stereocenters. The predicted molar refractivity (Wildman–Crippen MR) is 108 cm³/mol. The lowest BCUT2D eigenvalue weighted by molar-refractivity contribution is -0.148. The zero-order valence-electron chi connectivity index (χ0n) is 16.2. The lowest BCUT2D eigenvalue weighted by Gasteiger charge is -2.34. The highest BCUT2D eigenvalue weighted by Crippen LogP contribution is 2.51. The fourth-order valence-corrected chi connectivity index (χ4v) is 3.85. The van der Waals surface area contributed by atoms with Crippen molar-refractivity contribution in [2.75, 3.05) is 0 Å². The smallest absolute Gasteiger partial charge is 0.337 e. The van der Waals surface area contributed by atoms with Crippen LogP contribution in [0.25, 0.3) is 10.8 Å². The lowest BCUT2D eigenvalue weighted by atomic mass is 9.68. The van der Waals surface area contributed by atoms with E-state index in [1.54, 1.807) is 37.3 Å². The van der Waals surface area contributed by atoms with E-state index < -0.39 is 29.2 Å². The van der Waals surface area contributed by atoms with Crippen LogP contribution in [0.4, 0.5) is 0 Å². The van der Waals surface area contributed by atoms with Crippen LogP contribution in [0.1, 0.15) is 30.1 Å². The summed E-state index contributed by atoms with van der Waals surface area (Å²) in [4.78, 5) is 46.9. The molecule has 0 bridgehead atoms. The predicted octanol–water partition coefficient (Wildman–Crippen LogP) is 2.91. The highest BCUT2D eigenvalue weighted by molar-refractivity contribution is 6.02. The number of H-pyrrole nitrogens is 1. The Hall–Kier alpha value is -3.68. The van der Waals surface area contributed by atoms with E-state index in [9.17, 15) is 24.3 Å². The van der Waals surface area contributed by atoms with Gasteiger partial charge in [-0.3, -0.25) is 9.59 Å². The molecule has 2 aliphatic carbocycles. The normalized spacial score (nSPS) is 22.6. The molecule has 0 saturated heterocycles. The van der Waals surface area contributed by atoms with E-state index in [4.69, 9.17) is 10.2 Å². The Kier molecular flexibility index (Phi) is 5.60. The minimum atomic E-state index is -1.08. The third-order valence-corrected chi connectivity index (χ3v) is 5.54. The number of hydrogen-bond donors (Lipinski definition) is 4. The largest absolute Gasteiger partial charge is 0.481 e. The molecule has 4 rings (SSSR count). The van der Waals surface area contributed by atoms with Crippen molar-refractivity contribution in [1.29, 1.82) is 0 Å². The topological polar surface area (TPSA) is 145 Å². The average Bonchev–Trinajstić information content (AvgIpc) is 3.53. The van der Waals surface area contributed by atoms with Gasteiger partial charge in [0.05, 0.1) is 11.0 Å². The minimum Gasteiger partial charge on any atom is -0.481 e. The number of aromatic carboxylic acids is 1. The molecule has 2 unspecified atom stereocenters. The molecule has 0 aliphatic heterocycles. The van der Waals surface area contributed by atoms with Gasteiger partial charge in [0, 0.05) is 28.5 Å². The van der Waals surface area contributed by atoms with Crippen molar-refractivity contribution in [1.82, 2.24) is 4.98 Å². The molecule has 1 aromatic heterocycles. The van der Waals surface area contributed by atoms with Crippen LogP contribution in [0, 0.1) is 17.3 Å². The second kappa shape index (κ2) is 7.98. The van der Waals surface area contributed by atoms with Crippen LogP contribution in [-0.2, 0) is 9.59 Å². The van der Waals surface area contributed by atoms with Crippen LogP contribution in [0.15, 0.2) is 59.1 Å². The highest BCUT2D eigenvalue weighted by atomic mass is 16.4. The van der Waals surface area contributed by atoms with E-state index in [1.807, 2.05) is 0 Å². The molecule has 2 aliphatic rings. The van der Waals surface area contributed by atoms with Crippen molar-refractivity contribution in [2.24, 2.45) is 17.3 Å². The van der Waals surface area contributed by atoms with Gasteiger partial charge in [-0.2, -0.15) is 0 Å². The van der Waals surface area contributed by atoms with Gasteiger partial charge in [0.15, 0.2) is 0 Å². The molecule has 0 amide bonds. The molecule has 1 aromatic carbocycles. The summed E-state index contributed by atoms with van der Waals surface area (Å²) in [6.45, 7) is 1.60. The van der Waals surface area contributed by atoms with Gasteiger partial charge in [-0.25, -0.2) is 9.59 Å². The van der Waals surface area contributed by atoms with Crippen molar-refractivity contribution in [3.63, 3.8) is 0 Å². The Balaban J connectivity index is 0.000000172. The van der Waals surface area contributed by atoms with E-state index in [1.165, 1.54) is 18.3 Å². The fourth-order valence-electron chi connectivity index (χ4n) is 3.85. The van der Waals surface area contributed by atoms with Crippen LogP contribution < -0.4 is 5.56 Å². The van der Waals surface area contributed by atoms with Crippen molar-refractivity contribution in [3.05, 3.63) is 70.2 Å². The third kappa shape index (κ3) is 3.89. The number of benzene rings is 1. The second-order valence-electron chi connectivity index (χ2n) is 7.57. The van der Waals surface area contributed by atoms with Gasteiger partial charge in [-0.05, 0) is 31.7 Å². The average molecular weight is 411 g/mol. The maximum atomic E-state index is 11.3. The molecule has 156 valence electrons. The number of nitrogens with one attached hydrogen (secondary N) is 1. The Morgan fingerprint density at radius 1 is 1.03 bits per heavy atom. The number of carbonyl (C=O) groups is 3. The van der Waals surface area contributed by atoms with Crippen LogP contribution in [0.2, 0.25) is 0 Å². The summed E-state index contributed by atoms with van der Waals surface area (Å²) >= 11 is 0. The Labute approximate surface area is 171 Å². The molecule has 4 N–H and O–H groups in total. The Bertz CT molecular complexity index is 1140. The number of allylic oxidation sites excluding steroid dienone is 2. The maximum Gasteiger partial charge on any atom is 0.337 e. The van der Waals surface area contributed by atoms with E-state index in [2.05, 4.69) is 4.98 Å². The molecule has 2 aromatic rings. The lowest BCUT2D eigenvalue weighted by Crippen LogP contribution is -2.39. The van der Waals surface area contributed by atoms with Crippen LogP contribution in [0.3, 0.4) is 0 Å². The zero-order valence-corrected chi connectivity index (χ0v) is 16.2. The first kappa shape index (κ1) is 21.0. The van der Waals surface area contributed by atoms with Crippen LogP contribution >= 0.6 is 0 Å². The van der Waals surface area contributed by atoms with E-state index in [0.29, 0.717) is 10.8 Å². The summed E-state index contributed by atoms with van der Waals surface area (Å²) in [5.41, 5.74) is -1.01. The van der Waals surface area contributed by atoms with Gasteiger partial charge >= 0.3 is 17.9 Å². The highest BCUT2D eigenvalue weighted by Gasteiger charge is 2.51. The van der Waals surface area contributed by atoms with Gasteiger partial charge in [0.25, 0.3) is 5.56 Å². The molecule has 8 nitrogen and oxygen atoms in total. The van der Waals surface area contributed by atoms with Crippen LogP contribution in [0.5, 0.6) is 0 Å². The van der Waals surface area contributed by atoms with Crippen molar-refractivity contribution >= 4 is 28.7 Å². The number of rotatable bonds is 4. The number of fused-ring (bicyclic) bond motifs is 1. The van der Waals surface area contributed by atoms with E-state index in [-0.39, 0.29) is 22.6 Å². The number of aromatic nitrogens is 1. The van der Waals surface area contributed by atoms with Gasteiger partial charge in [-0.15, -0.1) is 0 Å². The van der Waals surface area contributed by atoms with Gasteiger partial charge in [0.2, 0.25) is 0 Å². The van der Waals surface area contributed by atoms with Crippen molar-refractivity contribution in [2.45, 2.75) is 19.8 Å².